The molecular weight excluding hydrogens is 248 g/mol. The summed E-state index contributed by atoms with van der Waals surface area (Å²) in [4.78, 5) is 13.6. The van der Waals surface area contributed by atoms with E-state index < -0.39 is 0 Å². The molecule has 1 aromatic heterocycles. The van der Waals surface area contributed by atoms with Crippen LogP contribution in [0.1, 0.15) is 16.1 Å². The Hall–Kier alpha value is -1.37. The number of ether oxygens (including phenoxy) is 2. The van der Waals surface area contributed by atoms with Crippen LogP contribution in [0, 0.1) is 0 Å². The fraction of sp³-hybridized carbons (Fsp3) is 0.615. The zero-order valence-corrected chi connectivity index (χ0v) is 11.3. The Morgan fingerprint density at radius 2 is 2.47 bits per heavy atom. The standard InChI is InChI=1S/C13H20N2O4/c1-15(8-10-7-14-4-6-18-10)9-12-11(3-5-19-12)13(16)17-2/h3,5,10,14H,4,6-9H2,1-2H3. The van der Waals surface area contributed by atoms with Crippen LogP contribution in [0.15, 0.2) is 16.7 Å². The van der Waals surface area contributed by atoms with E-state index in [1.807, 2.05) is 7.05 Å². The zero-order valence-electron chi connectivity index (χ0n) is 11.3. The third-order valence-electron chi connectivity index (χ3n) is 3.08. The summed E-state index contributed by atoms with van der Waals surface area (Å²) in [6, 6.07) is 1.63. The van der Waals surface area contributed by atoms with E-state index in [2.05, 4.69) is 10.2 Å². The van der Waals surface area contributed by atoms with Gasteiger partial charge in [-0.1, -0.05) is 0 Å². The largest absolute Gasteiger partial charge is 0.467 e. The van der Waals surface area contributed by atoms with Crippen molar-refractivity contribution in [1.82, 2.24) is 10.2 Å². The fourth-order valence-electron chi connectivity index (χ4n) is 2.15. The van der Waals surface area contributed by atoms with Gasteiger partial charge in [0.2, 0.25) is 0 Å². The van der Waals surface area contributed by atoms with Gasteiger partial charge in [0.1, 0.15) is 11.3 Å². The predicted octanol–water partition coefficient (Wildman–Crippen LogP) is 0.486. The summed E-state index contributed by atoms with van der Waals surface area (Å²) in [5.74, 6) is 0.255. The van der Waals surface area contributed by atoms with E-state index in [4.69, 9.17) is 13.9 Å². The normalized spacial score (nSPS) is 19.6. The molecule has 1 unspecified atom stereocenters. The van der Waals surface area contributed by atoms with Crippen molar-refractivity contribution in [3.63, 3.8) is 0 Å². The topological polar surface area (TPSA) is 63.9 Å². The third kappa shape index (κ3) is 3.79. The summed E-state index contributed by atoms with van der Waals surface area (Å²) in [6.45, 7) is 3.84. The Kier molecular flexibility index (Phi) is 4.95. The maximum atomic E-state index is 11.5. The van der Waals surface area contributed by atoms with Gasteiger partial charge in [0.15, 0.2) is 0 Å². The molecule has 0 radical (unpaired) electrons. The molecular formula is C13H20N2O4. The van der Waals surface area contributed by atoms with Gasteiger partial charge in [-0.3, -0.25) is 4.90 Å². The minimum atomic E-state index is -0.368. The molecule has 1 aliphatic rings. The molecule has 1 aromatic rings. The molecule has 106 valence electrons. The molecule has 6 nitrogen and oxygen atoms in total. The van der Waals surface area contributed by atoms with Gasteiger partial charge in [-0.15, -0.1) is 0 Å². The van der Waals surface area contributed by atoms with Gasteiger partial charge in [-0.05, 0) is 13.1 Å². The van der Waals surface area contributed by atoms with E-state index in [0.29, 0.717) is 17.9 Å². The van der Waals surface area contributed by atoms with Crippen molar-refractivity contribution >= 4 is 5.97 Å². The van der Waals surface area contributed by atoms with E-state index in [-0.39, 0.29) is 12.1 Å². The molecule has 2 heterocycles. The van der Waals surface area contributed by atoms with Crippen molar-refractivity contribution < 1.29 is 18.7 Å². The zero-order chi connectivity index (χ0) is 13.7. The molecule has 0 aromatic carbocycles. The molecule has 6 heteroatoms. The highest BCUT2D eigenvalue weighted by Gasteiger charge is 2.19. The first-order valence-electron chi connectivity index (χ1n) is 6.36. The highest BCUT2D eigenvalue weighted by atomic mass is 16.5. The van der Waals surface area contributed by atoms with Crippen LogP contribution in [0.3, 0.4) is 0 Å². The highest BCUT2D eigenvalue weighted by molar-refractivity contribution is 5.90. The van der Waals surface area contributed by atoms with Crippen molar-refractivity contribution in [2.24, 2.45) is 0 Å². The number of morpholine rings is 1. The second-order valence-electron chi connectivity index (χ2n) is 4.64. The van der Waals surface area contributed by atoms with Crippen LogP contribution in [-0.4, -0.2) is 57.4 Å². The van der Waals surface area contributed by atoms with E-state index in [0.717, 1.165) is 26.2 Å². The summed E-state index contributed by atoms with van der Waals surface area (Å²) in [5.41, 5.74) is 0.483. The average molecular weight is 268 g/mol. The van der Waals surface area contributed by atoms with Crippen LogP contribution in [-0.2, 0) is 16.0 Å². The molecule has 0 aliphatic carbocycles. The van der Waals surface area contributed by atoms with Crippen LogP contribution in [0.4, 0.5) is 0 Å². The van der Waals surface area contributed by atoms with Gasteiger partial charge < -0.3 is 19.2 Å². The van der Waals surface area contributed by atoms with Gasteiger partial charge in [0.25, 0.3) is 0 Å². The number of hydrogen-bond acceptors (Lipinski definition) is 6. The summed E-state index contributed by atoms with van der Waals surface area (Å²) >= 11 is 0. The number of rotatable bonds is 5. The molecule has 1 N–H and O–H groups in total. The third-order valence-corrected chi connectivity index (χ3v) is 3.08. The van der Waals surface area contributed by atoms with Gasteiger partial charge in [0.05, 0.1) is 32.6 Å². The molecule has 0 saturated carbocycles. The van der Waals surface area contributed by atoms with Gasteiger partial charge >= 0.3 is 5.97 Å². The molecule has 0 amide bonds. The first-order valence-corrected chi connectivity index (χ1v) is 6.36. The first kappa shape index (κ1) is 14.0. The summed E-state index contributed by atoms with van der Waals surface area (Å²) in [6.07, 6.45) is 1.68. The number of nitrogens with zero attached hydrogens (tertiary/aromatic N) is 1. The van der Waals surface area contributed by atoms with E-state index in [9.17, 15) is 4.79 Å². The van der Waals surface area contributed by atoms with Crippen LogP contribution in [0.2, 0.25) is 0 Å². The minimum Gasteiger partial charge on any atom is -0.467 e. The van der Waals surface area contributed by atoms with E-state index >= 15 is 0 Å². The van der Waals surface area contributed by atoms with Gasteiger partial charge in [0, 0.05) is 19.6 Å². The molecule has 0 bridgehead atoms. The van der Waals surface area contributed by atoms with Crippen LogP contribution in [0.25, 0.3) is 0 Å². The van der Waals surface area contributed by atoms with Gasteiger partial charge in [-0.25, -0.2) is 4.79 Å². The predicted molar refractivity (Wildman–Crippen MR) is 69.0 cm³/mol. The molecule has 1 aliphatic heterocycles. The fourth-order valence-corrected chi connectivity index (χ4v) is 2.15. The minimum absolute atomic E-state index is 0.176. The van der Waals surface area contributed by atoms with Crippen LogP contribution >= 0.6 is 0 Å². The molecule has 1 fully saturated rings. The molecule has 1 atom stereocenters. The number of methoxy groups -OCH3 is 1. The van der Waals surface area contributed by atoms with Crippen molar-refractivity contribution in [3.8, 4) is 0 Å². The van der Waals surface area contributed by atoms with Crippen molar-refractivity contribution in [1.29, 1.82) is 0 Å². The lowest BCUT2D eigenvalue weighted by Gasteiger charge is -2.27. The lowest BCUT2D eigenvalue weighted by atomic mass is 10.2. The maximum Gasteiger partial charge on any atom is 0.341 e. The SMILES string of the molecule is COC(=O)c1ccoc1CN(C)CC1CNCCO1. The Labute approximate surface area is 112 Å². The Morgan fingerprint density at radius 3 is 3.16 bits per heavy atom. The van der Waals surface area contributed by atoms with Crippen molar-refractivity contribution in [3.05, 3.63) is 23.7 Å². The smallest absolute Gasteiger partial charge is 0.341 e. The van der Waals surface area contributed by atoms with Crippen molar-refractivity contribution in [2.45, 2.75) is 12.6 Å². The first-order chi connectivity index (χ1) is 9.20. The lowest BCUT2D eigenvalue weighted by Crippen LogP contribution is -2.44. The number of furan rings is 1. The molecule has 0 spiro atoms. The van der Waals surface area contributed by atoms with Gasteiger partial charge in [-0.2, -0.15) is 0 Å². The van der Waals surface area contributed by atoms with Crippen LogP contribution < -0.4 is 5.32 Å². The van der Waals surface area contributed by atoms with E-state index in [1.165, 1.54) is 13.4 Å². The number of esters is 1. The molecule has 1 saturated heterocycles. The Morgan fingerprint density at radius 1 is 1.63 bits per heavy atom. The summed E-state index contributed by atoms with van der Waals surface area (Å²) < 4.78 is 15.7. The Balaban J connectivity index is 1.89. The maximum absolute atomic E-state index is 11.5. The number of likely N-dealkylation sites (N-methyl/N-ethyl adjacent to an activating group) is 1. The average Bonchev–Trinajstić information content (AvgIpc) is 2.87. The summed E-state index contributed by atoms with van der Waals surface area (Å²) in [5, 5.41) is 3.29. The number of hydrogen-bond donors (Lipinski definition) is 1. The molecule has 2 rings (SSSR count). The quantitative estimate of drug-likeness (QED) is 0.784. The van der Waals surface area contributed by atoms with Crippen LogP contribution in [0.5, 0.6) is 0 Å². The highest BCUT2D eigenvalue weighted by Crippen LogP contribution is 2.14. The number of nitrogens with one attached hydrogen (secondary N) is 1. The number of carbonyl (C=O) groups is 1. The molecule has 19 heavy (non-hydrogen) atoms. The summed E-state index contributed by atoms with van der Waals surface area (Å²) in [7, 11) is 3.34. The second-order valence-corrected chi connectivity index (χ2v) is 4.64. The van der Waals surface area contributed by atoms with E-state index in [1.54, 1.807) is 6.07 Å². The monoisotopic (exact) mass is 268 g/mol. The van der Waals surface area contributed by atoms with Crippen molar-refractivity contribution in [2.75, 3.05) is 40.4 Å². The lowest BCUT2D eigenvalue weighted by molar-refractivity contribution is 0.00789. The Bertz CT molecular complexity index is 413. The number of carbonyl (C=O) groups excluding carboxylic acids is 1. The second kappa shape index (κ2) is 6.70.